The lowest BCUT2D eigenvalue weighted by Gasteiger charge is -2.43. The number of thiazole rings is 1. The molecule has 1 saturated carbocycles. The van der Waals surface area contributed by atoms with Crippen LogP contribution in [-0.2, 0) is 5.41 Å². The zero-order valence-corrected chi connectivity index (χ0v) is 7.55. The molecule has 2 rings (SSSR count). The highest BCUT2D eigenvalue weighted by Gasteiger charge is 2.44. The minimum Gasteiger partial charge on any atom is -0.393 e. The quantitative estimate of drug-likeness (QED) is 0.703. The molecule has 0 radical (unpaired) electrons. The monoisotopic (exact) mass is 184 g/mol. The third kappa shape index (κ3) is 1.07. The Morgan fingerprint density at radius 2 is 2.50 bits per heavy atom. The molecule has 1 aromatic rings. The van der Waals surface area contributed by atoms with Gasteiger partial charge >= 0.3 is 0 Å². The Morgan fingerprint density at radius 1 is 1.75 bits per heavy atom. The Kier molecular flexibility index (Phi) is 1.90. The smallest absolute Gasteiger partial charge is 0.0794 e. The predicted molar refractivity (Wildman–Crippen MR) is 48.1 cm³/mol. The van der Waals surface area contributed by atoms with Crippen molar-refractivity contribution in [2.24, 2.45) is 5.73 Å². The summed E-state index contributed by atoms with van der Waals surface area (Å²) in [5, 5.41) is 9.24. The van der Waals surface area contributed by atoms with Crippen LogP contribution in [0.5, 0.6) is 0 Å². The second-order valence-electron chi connectivity index (χ2n) is 3.41. The molecule has 0 unspecified atom stereocenters. The van der Waals surface area contributed by atoms with Crippen molar-refractivity contribution < 1.29 is 5.11 Å². The van der Waals surface area contributed by atoms with Gasteiger partial charge in [-0.1, -0.05) is 0 Å². The van der Waals surface area contributed by atoms with Gasteiger partial charge in [0.2, 0.25) is 0 Å². The summed E-state index contributed by atoms with van der Waals surface area (Å²) in [4.78, 5) is 5.24. The van der Waals surface area contributed by atoms with Crippen molar-refractivity contribution in [2.45, 2.75) is 24.4 Å². The summed E-state index contributed by atoms with van der Waals surface area (Å²) in [7, 11) is 0. The molecule has 1 fully saturated rings. The summed E-state index contributed by atoms with van der Waals surface area (Å²) in [6.07, 6.45) is 3.30. The van der Waals surface area contributed by atoms with Crippen LogP contribution in [-0.4, -0.2) is 22.7 Å². The Hall–Kier alpha value is -0.450. The van der Waals surface area contributed by atoms with Crippen LogP contribution >= 0.6 is 11.3 Å². The fourth-order valence-electron chi connectivity index (χ4n) is 1.79. The molecule has 0 spiro atoms. The molecule has 1 aliphatic carbocycles. The van der Waals surface area contributed by atoms with Crippen LogP contribution in [0.3, 0.4) is 0 Å². The van der Waals surface area contributed by atoms with Crippen LogP contribution in [0.25, 0.3) is 0 Å². The highest BCUT2D eigenvalue weighted by atomic mass is 32.1. The van der Waals surface area contributed by atoms with Crippen molar-refractivity contribution in [2.75, 3.05) is 6.54 Å². The summed E-state index contributed by atoms with van der Waals surface area (Å²) < 4.78 is 0. The van der Waals surface area contributed by atoms with Gasteiger partial charge in [-0.05, 0) is 12.8 Å². The summed E-state index contributed by atoms with van der Waals surface area (Å²) >= 11 is 1.63. The molecule has 0 amide bonds. The van der Waals surface area contributed by atoms with Crippen molar-refractivity contribution in [3.8, 4) is 0 Å². The van der Waals surface area contributed by atoms with E-state index in [1.165, 1.54) is 4.88 Å². The van der Waals surface area contributed by atoms with Gasteiger partial charge in [0.1, 0.15) is 0 Å². The summed E-state index contributed by atoms with van der Waals surface area (Å²) in [6.45, 7) is 0.617. The number of nitrogens with two attached hydrogens (primary N) is 1. The van der Waals surface area contributed by atoms with E-state index in [0.29, 0.717) is 6.54 Å². The van der Waals surface area contributed by atoms with Crippen LogP contribution < -0.4 is 5.73 Å². The molecule has 3 N–H and O–H groups in total. The van der Waals surface area contributed by atoms with Crippen molar-refractivity contribution in [1.82, 2.24) is 4.98 Å². The lowest BCUT2D eigenvalue weighted by atomic mass is 9.66. The van der Waals surface area contributed by atoms with E-state index in [0.717, 1.165) is 12.8 Å². The van der Waals surface area contributed by atoms with Gasteiger partial charge in [0.05, 0.1) is 11.6 Å². The molecule has 1 aromatic heterocycles. The van der Waals surface area contributed by atoms with E-state index in [1.54, 1.807) is 11.3 Å². The molecule has 0 saturated heterocycles. The SMILES string of the molecule is NCC1(c2cncs2)CC(O)C1. The van der Waals surface area contributed by atoms with Crippen LogP contribution in [0.15, 0.2) is 11.7 Å². The highest BCUT2D eigenvalue weighted by Crippen LogP contribution is 2.44. The average Bonchev–Trinajstić information content (AvgIpc) is 2.50. The highest BCUT2D eigenvalue weighted by molar-refractivity contribution is 7.09. The number of rotatable bonds is 2. The summed E-state index contributed by atoms with van der Waals surface area (Å²) in [5.74, 6) is 0. The first-order chi connectivity index (χ1) is 5.77. The number of aromatic nitrogens is 1. The first-order valence-corrected chi connectivity index (χ1v) is 4.92. The Labute approximate surface area is 75.2 Å². The maximum absolute atomic E-state index is 9.24. The van der Waals surface area contributed by atoms with E-state index >= 15 is 0 Å². The zero-order chi connectivity index (χ0) is 8.60. The molecule has 1 heterocycles. The average molecular weight is 184 g/mol. The summed E-state index contributed by atoms with van der Waals surface area (Å²) in [6, 6.07) is 0. The van der Waals surface area contributed by atoms with Crippen molar-refractivity contribution in [3.63, 3.8) is 0 Å². The van der Waals surface area contributed by atoms with E-state index < -0.39 is 0 Å². The van der Waals surface area contributed by atoms with Crippen LogP contribution in [0.2, 0.25) is 0 Å². The van der Waals surface area contributed by atoms with Gasteiger partial charge in [0.15, 0.2) is 0 Å². The number of hydrogen-bond acceptors (Lipinski definition) is 4. The third-order valence-electron chi connectivity index (χ3n) is 2.60. The molecule has 66 valence electrons. The first kappa shape index (κ1) is 8.16. The molecule has 0 bridgehead atoms. The van der Waals surface area contributed by atoms with Crippen molar-refractivity contribution >= 4 is 11.3 Å². The predicted octanol–water partition coefficient (Wildman–Crippen LogP) is 0.494. The zero-order valence-electron chi connectivity index (χ0n) is 6.73. The second kappa shape index (κ2) is 2.80. The topological polar surface area (TPSA) is 59.1 Å². The van der Waals surface area contributed by atoms with Gasteiger partial charge < -0.3 is 10.8 Å². The van der Waals surface area contributed by atoms with E-state index in [4.69, 9.17) is 5.73 Å². The van der Waals surface area contributed by atoms with E-state index in [-0.39, 0.29) is 11.5 Å². The largest absolute Gasteiger partial charge is 0.393 e. The van der Waals surface area contributed by atoms with Crippen LogP contribution in [0, 0.1) is 0 Å². The Bertz CT molecular complexity index is 254. The Morgan fingerprint density at radius 3 is 2.92 bits per heavy atom. The standard InChI is InChI=1S/C8H12N2OS/c9-4-8(1-6(11)2-8)7-3-10-5-12-7/h3,5-6,11H,1-2,4,9H2. The van der Waals surface area contributed by atoms with Crippen LogP contribution in [0.4, 0.5) is 0 Å². The normalized spacial score (nSPS) is 34.7. The van der Waals surface area contributed by atoms with Gasteiger partial charge in [-0.3, -0.25) is 4.98 Å². The lowest BCUT2D eigenvalue weighted by Crippen LogP contribution is -2.49. The van der Waals surface area contributed by atoms with Crippen LogP contribution in [0.1, 0.15) is 17.7 Å². The number of nitrogens with zero attached hydrogens (tertiary/aromatic N) is 1. The molecular weight excluding hydrogens is 172 g/mol. The lowest BCUT2D eigenvalue weighted by molar-refractivity contribution is 0.0238. The number of hydrogen-bond donors (Lipinski definition) is 2. The molecule has 4 heteroatoms. The molecule has 1 aliphatic rings. The minimum atomic E-state index is -0.157. The maximum Gasteiger partial charge on any atom is 0.0794 e. The molecule has 0 aromatic carbocycles. The van der Waals surface area contributed by atoms with E-state index in [9.17, 15) is 5.11 Å². The van der Waals surface area contributed by atoms with Gasteiger partial charge in [-0.2, -0.15) is 0 Å². The molecule has 0 atom stereocenters. The third-order valence-corrected chi connectivity index (χ3v) is 3.62. The van der Waals surface area contributed by atoms with Gasteiger partial charge in [0.25, 0.3) is 0 Å². The fourth-order valence-corrected chi connectivity index (χ4v) is 2.65. The van der Waals surface area contributed by atoms with Gasteiger partial charge in [-0.25, -0.2) is 0 Å². The molecule has 0 aliphatic heterocycles. The van der Waals surface area contributed by atoms with Crippen molar-refractivity contribution in [3.05, 3.63) is 16.6 Å². The molecule has 3 nitrogen and oxygen atoms in total. The van der Waals surface area contributed by atoms with E-state index in [2.05, 4.69) is 4.98 Å². The Balaban J connectivity index is 2.20. The van der Waals surface area contributed by atoms with Gasteiger partial charge in [-0.15, -0.1) is 11.3 Å². The van der Waals surface area contributed by atoms with Gasteiger partial charge in [0, 0.05) is 23.0 Å². The van der Waals surface area contributed by atoms with E-state index in [1.807, 2.05) is 11.7 Å². The maximum atomic E-state index is 9.24. The summed E-state index contributed by atoms with van der Waals surface area (Å²) in [5.41, 5.74) is 7.55. The molecular formula is C8H12N2OS. The van der Waals surface area contributed by atoms with Crippen molar-refractivity contribution in [1.29, 1.82) is 0 Å². The minimum absolute atomic E-state index is 0.0422. The number of aliphatic hydroxyl groups is 1. The fraction of sp³-hybridized carbons (Fsp3) is 0.625. The molecule has 12 heavy (non-hydrogen) atoms. The first-order valence-electron chi connectivity index (χ1n) is 4.04. The number of aliphatic hydroxyl groups excluding tert-OH is 1. The second-order valence-corrected chi connectivity index (χ2v) is 4.30.